The second-order valence-electron chi connectivity index (χ2n) is 6.70. The molecule has 1 saturated carbocycles. The molecule has 1 atom stereocenters. The predicted molar refractivity (Wildman–Crippen MR) is 94.5 cm³/mol. The van der Waals surface area contributed by atoms with E-state index < -0.39 is 12.0 Å². The molecular weight excluding hydrogens is 342 g/mol. The minimum Gasteiger partial charge on any atom is -0.480 e. The van der Waals surface area contributed by atoms with Crippen LogP contribution in [0, 0.1) is 5.92 Å². The summed E-state index contributed by atoms with van der Waals surface area (Å²) >= 11 is 6.07. The molecular formula is C19H22ClNO4. The number of hydrogen-bond acceptors (Lipinski definition) is 3. The van der Waals surface area contributed by atoms with Crippen LogP contribution in [0.3, 0.4) is 0 Å². The third kappa shape index (κ3) is 4.34. The molecule has 0 aromatic heterocycles. The second kappa shape index (κ2) is 7.91. The molecule has 1 aromatic rings. The highest BCUT2D eigenvalue weighted by Crippen LogP contribution is 2.31. The third-order valence-electron chi connectivity index (χ3n) is 4.91. The number of carboxylic acids is 1. The summed E-state index contributed by atoms with van der Waals surface area (Å²) in [6, 6.07) is 6.20. The standard InChI is InChI=1S/C19H22ClNO4/c20-15-8-4-5-9-17(15)25-14-11-18(22)21(12-14)16(19(23)24)10-13-6-2-1-3-7-13/h4-5,8-9,11,13,16H,1-3,6-7,10,12H2,(H,23,24)/t16-/m0/s1. The average molecular weight is 364 g/mol. The van der Waals surface area contributed by atoms with E-state index >= 15 is 0 Å². The number of benzene rings is 1. The van der Waals surface area contributed by atoms with E-state index in [4.69, 9.17) is 16.3 Å². The van der Waals surface area contributed by atoms with Gasteiger partial charge in [0.2, 0.25) is 0 Å². The summed E-state index contributed by atoms with van der Waals surface area (Å²) < 4.78 is 5.70. The molecule has 1 fully saturated rings. The van der Waals surface area contributed by atoms with Crippen LogP contribution in [0.4, 0.5) is 0 Å². The number of hydrogen-bond donors (Lipinski definition) is 1. The van der Waals surface area contributed by atoms with Crippen molar-refractivity contribution in [3.05, 3.63) is 41.1 Å². The summed E-state index contributed by atoms with van der Waals surface area (Å²) in [6.07, 6.45) is 7.46. The number of carboxylic acid groups (broad SMARTS) is 1. The number of ether oxygens (including phenoxy) is 1. The molecule has 3 rings (SSSR count). The Hall–Kier alpha value is -2.01. The molecule has 1 aromatic carbocycles. The lowest BCUT2D eigenvalue weighted by molar-refractivity contribution is -0.148. The summed E-state index contributed by atoms with van der Waals surface area (Å²) in [4.78, 5) is 25.5. The Morgan fingerprint density at radius 3 is 2.68 bits per heavy atom. The van der Waals surface area contributed by atoms with Gasteiger partial charge in [0.15, 0.2) is 0 Å². The molecule has 2 aliphatic rings. The first-order valence-electron chi connectivity index (χ1n) is 8.71. The van der Waals surface area contributed by atoms with Crippen LogP contribution in [0.2, 0.25) is 5.02 Å². The molecule has 25 heavy (non-hydrogen) atoms. The van der Waals surface area contributed by atoms with Crippen LogP contribution in [-0.4, -0.2) is 34.5 Å². The Balaban J connectivity index is 1.66. The van der Waals surface area contributed by atoms with Gasteiger partial charge in [0.1, 0.15) is 17.6 Å². The van der Waals surface area contributed by atoms with Gasteiger partial charge in [-0.3, -0.25) is 4.79 Å². The SMILES string of the molecule is O=C(O)[C@H](CC1CCCCC1)N1CC(Oc2ccccc2Cl)=CC1=O. The lowest BCUT2D eigenvalue weighted by Gasteiger charge is -2.30. The number of carbonyl (C=O) groups excluding carboxylic acids is 1. The summed E-state index contributed by atoms with van der Waals surface area (Å²) in [5.74, 6) is -0.00928. The fraction of sp³-hybridized carbons (Fsp3) is 0.474. The van der Waals surface area contributed by atoms with Gasteiger partial charge in [0, 0.05) is 6.08 Å². The van der Waals surface area contributed by atoms with E-state index in [2.05, 4.69) is 0 Å². The maximum atomic E-state index is 12.3. The number of rotatable bonds is 6. The van der Waals surface area contributed by atoms with Crippen molar-refractivity contribution in [2.24, 2.45) is 5.92 Å². The quantitative estimate of drug-likeness (QED) is 0.833. The minimum atomic E-state index is -0.952. The van der Waals surface area contributed by atoms with Gasteiger partial charge < -0.3 is 14.7 Å². The molecule has 0 saturated heterocycles. The maximum absolute atomic E-state index is 12.3. The van der Waals surface area contributed by atoms with Gasteiger partial charge in [-0.1, -0.05) is 55.8 Å². The molecule has 0 radical (unpaired) electrons. The van der Waals surface area contributed by atoms with Crippen molar-refractivity contribution in [3.8, 4) is 5.75 Å². The number of para-hydroxylation sites is 1. The van der Waals surface area contributed by atoms with Gasteiger partial charge in [0.25, 0.3) is 5.91 Å². The van der Waals surface area contributed by atoms with E-state index in [0.29, 0.717) is 28.9 Å². The van der Waals surface area contributed by atoms with Gasteiger partial charge in [-0.25, -0.2) is 4.79 Å². The number of carbonyl (C=O) groups is 2. The Morgan fingerprint density at radius 2 is 2.00 bits per heavy atom. The van der Waals surface area contributed by atoms with Gasteiger partial charge in [-0.2, -0.15) is 0 Å². The monoisotopic (exact) mass is 363 g/mol. The molecule has 0 spiro atoms. The Morgan fingerprint density at radius 1 is 1.28 bits per heavy atom. The highest BCUT2D eigenvalue weighted by Gasteiger charge is 2.36. The lowest BCUT2D eigenvalue weighted by atomic mass is 9.84. The van der Waals surface area contributed by atoms with Crippen molar-refractivity contribution >= 4 is 23.5 Å². The van der Waals surface area contributed by atoms with Crippen LogP contribution in [0.15, 0.2) is 36.1 Å². The molecule has 1 aliphatic heterocycles. The van der Waals surface area contributed by atoms with E-state index in [0.717, 1.165) is 25.7 Å². The zero-order chi connectivity index (χ0) is 17.8. The van der Waals surface area contributed by atoms with Crippen molar-refractivity contribution in [2.45, 2.75) is 44.6 Å². The van der Waals surface area contributed by atoms with E-state index in [1.807, 2.05) is 0 Å². The summed E-state index contributed by atoms with van der Waals surface area (Å²) in [5.41, 5.74) is 0. The first-order valence-corrected chi connectivity index (χ1v) is 9.09. The van der Waals surface area contributed by atoms with E-state index in [-0.39, 0.29) is 12.5 Å². The van der Waals surface area contributed by atoms with Crippen molar-refractivity contribution in [1.82, 2.24) is 4.90 Å². The predicted octanol–water partition coefficient (Wildman–Crippen LogP) is 3.87. The highest BCUT2D eigenvalue weighted by molar-refractivity contribution is 6.32. The van der Waals surface area contributed by atoms with Gasteiger partial charge in [-0.05, 0) is 24.5 Å². The summed E-state index contributed by atoms with van der Waals surface area (Å²) in [7, 11) is 0. The van der Waals surface area contributed by atoms with Crippen molar-refractivity contribution in [3.63, 3.8) is 0 Å². The number of nitrogens with zero attached hydrogens (tertiary/aromatic N) is 1. The molecule has 1 amide bonds. The second-order valence-corrected chi connectivity index (χ2v) is 7.11. The fourth-order valence-electron chi connectivity index (χ4n) is 3.61. The molecule has 5 nitrogen and oxygen atoms in total. The first kappa shape index (κ1) is 17.8. The molecule has 0 bridgehead atoms. The normalized spacial score (nSPS) is 19.6. The molecule has 1 N–H and O–H groups in total. The van der Waals surface area contributed by atoms with Crippen LogP contribution in [-0.2, 0) is 9.59 Å². The topological polar surface area (TPSA) is 66.8 Å². The fourth-order valence-corrected chi connectivity index (χ4v) is 3.78. The molecule has 1 aliphatic carbocycles. The third-order valence-corrected chi connectivity index (χ3v) is 5.23. The van der Waals surface area contributed by atoms with Crippen LogP contribution in [0.1, 0.15) is 38.5 Å². The van der Waals surface area contributed by atoms with E-state index in [1.165, 1.54) is 17.4 Å². The maximum Gasteiger partial charge on any atom is 0.326 e. The zero-order valence-corrected chi connectivity index (χ0v) is 14.7. The Kier molecular flexibility index (Phi) is 5.63. The first-order chi connectivity index (χ1) is 12.0. The summed E-state index contributed by atoms with van der Waals surface area (Å²) in [6.45, 7) is 0.160. The molecule has 6 heteroatoms. The molecule has 0 unspecified atom stereocenters. The van der Waals surface area contributed by atoms with E-state index in [1.54, 1.807) is 24.3 Å². The van der Waals surface area contributed by atoms with Crippen molar-refractivity contribution < 1.29 is 19.4 Å². The van der Waals surface area contributed by atoms with Gasteiger partial charge >= 0.3 is 5.97 Å². The summed E-state index contributed by atoms with van der Waals surface area (Å²) in [5, 5.41) is 10.1. The largest absolute Gasteiger partial charge is 0.480 e. The van der Waals surface area contributed by atoms with Gasteiger partial charge in [-0.15, -0.1) is 0 Å². The number of aliphatic carboxylic acids is 1. The minimum absolute atomic E-state index is 0.160. The average Bonchev–Trinajstić information content (AvgIpc) is 2.95. The van der Waals surface area contributed by atoms with Crippen molar-refractivity contribution in [2.75, 3.05) is 6.54 Å². The smallest absolute Gasteiger partial charge is 0.326 e. The Labute approximate surface area is 152 Å². The number of amides is 1. The van der Waals surface area contributed by atoms with Crippen LogP contribution in [0.5, 0.6) is 5.75 Å². The van der Waals surface area contributed by atoms with Crippen LogP contribution < -0.4 is 4.74 Å². The zero-order valence-electron chi connectivity index (χ0n) is 14.0. The Bertz CT molecular complexity index is 682. The van der Waals surface area contributed by atoms with Gasteiger partial charge in [0.05, 0.1) is 11.6 Å². The number of halogens is 1. The molecule has 134 valence electrons. The lowest BCUT2D eigenvalue weighted by Crippen LogP contribution is -2.44. The van der Waals surface area contributed by atoms with E-state index in [9.17, 15) is 14.7 Å². The van der Waals surface area contributed by atoms with Crippen LogP contribution >= 0.6 is 11.6 Å². The highest BCUT2D eigenvalue weighted by atomic mass is 35.5. The molecule has 1 heterocycles. The van der Waals surface area contributed by atoms with Crippen molar-refractivity contribution in [1.29, 1.82) is 0 Å². The van der Waals surface area contributed by atoms with Crippen LogP contribution in [0.25, 0.3) is 0 Å².